The van der Waals surface area contributed by atoms with E-state index in [0.29, 0.717) is 11.3 Å². The molecule has 0 aliphatic rings. The average molecular weight is 238 g/mol. The van der Waals surface area contributed by atoms with Crippen LogP contribution in [0.2, 0.25) is 0 Å². The molecule has 0 radical (unpaired) electrons. The van der Waals surface area contributed by atoms with Crippen LogP contribution in [0.4, 0.5) is 0 Å². The van der Waals surface area contributed by atoms with Gasteiger partial charge in [-0.15, -0.1) is 0 Å². The van der Waals surface area contributed by atoms with Crippen LogP contribution >= 0.6 is 0 Å². The fraction of sp³-hybridized carbons (Fsp3) is 0.462. The van der Waals surface area contributed by atoms with E-state index < -0.39 is 18.0 Å². The number of rotatable bonds is 4. The summed E-state index contributed by atoms with van der Waals surface area (Å²) in [5.74, 6) is -0.544. The third-order valence-electron chi connectivity index (χ3n) is 3.01. The molecule has 0 aromatic heterocycles. The Morgan fingerprint density at radius 3 is 2.41 bits per heavy atom. The van der Waals surface area contributed by atoms with Crippen molar-refractivity contribution in [3.8, 4) is 5.75 Å². The first kappa shape index (κ1) is 13.5. The highest BCUT2D eigenvalue weighted by Gasteiger charge is 2.37. The van der Waals surface area contributed by atoms with E-state index in [1.54, 1.807) is 6.07 Å². The van der Waals surface area contributed by atoms with Gasteiger partial charge in [0.1, 0.15) is 11.2 Å². The van der Waals surface area contributed by atoms with Gasteiger partial charge in [0.05, 0.1) is 13.7 Å². The summed E-state index contributed by atoms with van der Waals surface area (Å²) in [6.45, 7) is 4.76. The van der Waals surface area contributed by atoms with E-state index in [2.05, 4.69) is 0 Å². The van der Waals surface area contributed by atoms with Crippen molar-refractivity contribution in [2.24, 2.45) is 0 Å². The van der Waals surface area contributed by atoms with Crippen molar-refractivity contribution in [2.75, 3.05) is 13.7 Å². The highest BCUT2D eigenvalue weighted by atomic mass is 16.5. The smallest absolute Gasteiger partial charge is 0.316 e. The number of aliphatic hydroxyl groups excluding tert-OH is 1. The Kier molecular flexibility index (Phi) is 3.78. The number of carboxylic acids is 1. The molecule has 4 nitrogen and oxygen atoms in total. The summed E-state index contributed by atoms with van der Waals surface area (Å²) in [5, 5.41) is 18.6. The molecule has 1 aromatic rings. The molecular formula is C13H18O4. The van der Waals surface area contributed by atoms with Crippen LogP contribution in [0.25, 0.3) is 0 Å². The van der Waals surface area contributed by atoms with Gasteiger partial charge in [0.2, 0.25) is 0 Å². The highest BCUT2D eigenvalue weighted by molar-refractivity contribution is 5.82. The Balaban J connectivity index is 3.53. The number of benzene rings is 1. The lowest BCUT2D eigenvalue weighted by atomic mass is 9.81. The molecule has 0 spiro atoms. The van der Waals surface area contributed by atoms with Crippen LogP contribution in [0.3, 0.4) is 0 Å². The van der Waals surface area contributed by atoms with Crippen molar-refractivity contribution < 1.29 is 19.7 Å². The molecule has 0 aliphatic carbocycles. The molecule has 1 unspecified atom stereocenters. The van der Waals surface area contributed by atoms with Crippen molar-refractivity contribution in [1.29, 1.82) is 0 Å². The van der Waals surface area contributed by atoms with Crippen molar-refractivity contribution >= 4 is 5.97 Å². The van der Waals surface area contributed by atoms with Gasteiger partial charge in [0.15, 0.2) is 0 Å². The van der Waals surface area contributed by atoms with Gasteiger partial charge in [0, 0.05) is 5.56 Å². The van der Waals surface area contributed by atoms with E-state index >= 15 is 0 Å². The lowest BCUT2D eigenvalue weighted by Crippen LogP contribution is -2.36. The van der Waals surface area contributed by atoms with Gasteiger partial charge in [0.25, 0.3) is 0 Å². The summed E-state index contributed by atoms with van der Waals surface area (Å²) in [6, 6.07) is 3.66. The van der Waals surface area contributed by atoms with E-state index in [0.717, 1.165) is 11.1 Å². The molecule has 0 fully saturated rings. The number of methoxy groups -OCH3 is 1. The van der Waals surface area contributed by atoms with E-state index in [1.165, 1.54) is 14.0 Å². The van der Waals surface area contributed by atoms with Gasteiger partial charge in [-0.1, -0.05) is 17.7 Å². The summed E-state index contributed by atoms with van der Waals surface area (Å²) in [5.41, 5.74) is 0.970. The number of aliphatic carboxylic acids is 1. The van der Waals surface area contributed by atoms with E-state index in [4.69, 9.17) is 4.74 Å². The Hall–Kier alpha value is -1.55. The summed E-state index contributed by atoms with van der Waals surface area (Å²) in [7, 11) is 1.50. The molecule has 1 atom stereocenters. The summed E-state index contributed by atoms with van der Waals surface area (Å²) < 4.78 is 5.25. The molecule has 0 saturated carbocycles. The third kappa shape index (κ3) is 2.26. The van der Waals surface area contributed by atoms with Gasteiger partial charge < -0.3 is 14.9 Å². The number of hydrogen-bond acceptors (Lipinski definition) is 3. The van der Waals surface area contributed by atoms with Crippen molar-refractivity contribution in [3.63, 3.8) is 0 Å². The van der Waals surface area contributed by atoms with Crippen LogP contribution in [-0.2, 0) is 10.2 Å². The number of ether oxygens (including phenoxy) is 1. The first-order valence-electron chi connectivity index (χ1n) is 5.36. The van der Waals surface area contributed by atoms with Crippen LogP contribution in [0.1, 0.15) is 23.6 Å². The average Bonchev–Trinajstić information content (AvgIpc) is 2.26. The molecular weight excluding hydrogens is 220 g/mol. The molecule has 0 aliphatic heterocycles. The minimum absolute atomic E-state index is 0.471. The van der Waals surface area contributed by atoms with Crippen LogP contribution < -0.4 is 4.74 Å². The standard InChI is InChI=1S/C13H18O4/c1-8-5-9(2)11(17-4)10(6-8)13(3,7-14)12(15)16/h5-6,14H,7H2,1-4H3,(H,15,16). The van der Waals surface area contributed by atoms with Gasteiger partial charge in [-0.05, 0) is 26.3 Å². The van der Waals surface area contributed by atoms with Gasteiger partial charge in [-0.25, -0.2) is 0 Å². The van der Waals surface area contributed by atoms with Crippen LogP contribution in [0, 0.1) is 13.8 Å². The number of hydrogen-bond donors (Lipinski definition) is 2. The predicted molar refractivity (Wildman–Crippen MR) is 64.5 cm³/mol. The quantitative estimate of drug-likeness (QED) is 0.837. The lowest BCUT2D eigenvalue weighted by molar-refractivity contribution is -0.144. The lowest BCUT2D eigenvalue weighted by Gasteiger charge is -2.26. The second kappa shape index (κ2) is 4.75. The zero-order chi connectivity index (χ0) is 13.2. The first-order valence-corrected chi connectivity index (χ1v) is 5.36. The molecule has 17 heavy (non-hydrogen) atoms. The number of carboxylic acid groups (broad SMARTS) is 1. The predicted octanol–water partition coefficient (Wildman–Crippen LogP) is 1.65. The maximum atomic E-state index is 11.3. The zero-order valence-corrected chi connectivity index (χ0v) is 10.6. The number of aliphatic hydroxyl groups is 1. The van der Waals surface area contributed by atoms with Crippen LogP contribution in [0.15, 0.2) is 12.1 Å². The Bertz CT molecular complexity index is 439. The highest BCUT2D eigenvalue weighted by Crippen LogP contribution is 2.35. The van der Waals surface area contributed by atoms with Gasteiger partial charge in [-0.3, -0.25) is 4.79 Å². The summed E-state index contributed by atoms with van der Waals surface area (Å²) in [6.07, 6.45) is 0. The number of aryl methyl sites for hydroxylation is 2. The van der Waals surface area contributed by atoms with Crippen molar-refractivity contribution in [3.05, 3.63) is 28.8 Å². The summed E-state index contributed by atoms with van der Waals surface area (Å²) in [4.78, 5) is 11.3. The monoisotopic (exact) mass is 238 g/mol. The second-order valence-corrected chi connectivity index (χ2v) is 4.46. The maximum Gasteiger partial charge on any atom is 0.316 e. The van der Waals surface area contributed by atoms with Crippen molar-refractivity contribution in [1.82, 2.24) is 0 Å². The first-order chi connectivity index (χ1) is 7.86. The SMILES string of the molecule is COc1c(C)cc(C)cc1C(C)(CO)C(=O)O. The molecule has 0 bridgehead atoms. The van der Waals surface area contributed by atoms with Crippen molar-refractivity contribution in [2.45, 2.75) is 26.2 Å². The Morgan fingerprint density at radius 1 is 1.41 bits per heavy atom. The number of carbonyl (C=O) groups is 1. The molecule has 1 rings (SSSR count). The largest absolute Gasteiger partial charge is 0.496 e. The molecule has 4 heteroatoms. The van der Waals surface area contributed by atoms with Crippen LogP contribution in [-0.4, -0.2) is 29.9 Å². The molecule has 2 N–H and O–H groups in total. The van der Waals surface area contributed by atoms with Crippen LogP contribution in [0.5, 0.6) is 5.75 Å². The van der Waals surface area contributed by atoms with E-state index in [9.17, 15) is 15.0 Å². The molecule has 1 aromatic carbocycles. The fourth-order valence-corrected chi connectivity index (χ4v) is 1.90. The molecule has 0 amide bonds. The zero-order valence-electron chi connectivity index (χ0n) is 10.6. The minimum atomic E-state index is -1.35. The Morgan fingerprint density at radius 2 is 2.00 bits per heavy atom. The van der Waals surface area contributed by atoms with E-state index in [1.807, 2.05) is 19.9 Å². The van der Waals surface area contributed by atoms with Gasteiger partial charge in [-0.2, -0.15) is 0 Å². The maximum absolute atomic E-state index is 11.3. The minimum Gasteiger partial charge on any atom is -0.496 e. The molecule has 0 saturated heterocycles. The summed E-state index contributed by atoms with van der Waals surface area (Å²) >= 11 is 0. The second-order valence-electron chi connectivity index (χ2n) is 4.46. The van der Waals surface area contributed by atoms with Gasteiger partial charge >= 0.3 is 5.97 Å². The Labute approximate surface area is 101 Å². The van der Waals surface area contributed by atoms with E-state index in [-0.39, 0.29) is 0 Å². The molecule has 94 valence electrons. The third-order valence-corrected chi connectivity index (χ3v) is 3.01. The topological polar surface area (TPSA) is 66.8 Å². The molecule has 0 heterocycles. The fourth-order valence-electron chi connectivity index (χ4n) is 1.90. The normalized spacial score (nSPS) is 14.2.